The average Bonchev–Trinajstić information content (AvgIpc) is 2.92. The number of hydrogen-bond donors (Lipinski definition) is 1. The highest BCUT2D eigenvalue weighted by atomic mass is 79.9. The Morgan fingerprint density at radius 1 is 1.18 bits per heavy atom. The van der Waals surface area contributed by atoms with Gasteiger partial charge in [-0.15, -0.1) is 0 Å². The van der Waals surface area contributed by atoms with Gasteiger partial charge in [0.2, 0.25) is 0 Å². The third-order valence-corrected chi connectivity index (χ3v) is 3.67. The first-order valence-corrected chi connectivity index (χ1v) is 7.81. The van der Waals surface area contributed by atoms with Crippen LogP contribution in [-0.2, 0) is 13.0 Å². The molecule has 5 nitrogen and oxygen atoms in total. The van der Waals surface area contributed by atoms with Gasteiger partial charge in [-0.1, -0.05) is 12.1 Å². The van der Waals surface area contributed by atoms with E-state index in [9.17, 15) is 0 Å². The van der Waals surface area contributed by atoms with Crippen molar-refractivity contribution in [2.45, 2.75) is 19.9 Å². The van der Waals surface area contributed by atoms with Crippen LogP contribution in [0.4, 0.5) is 11.5 Å². The lowest BCUT2D eigenvalue weighted by molar-refractivity contribution is 0.614. The molecule has 0 aliphatic rings. The SMILES string of the molecule is Cc1cc(Nc2ccc(CCn3cc(Br)cn3)cc2)ncn1. The van der Waals surface area contributed by atoms with Gasteiger partial charge in [0, 0.05) is 30.2 Å². The van der Waals surface area contributed by atoms with Crippen molar-refractivity contribution >= 4 is 27.4 Å². The molecule has 112 valence electrons. The highest BCUT2D eigenvalue weighted by Gasteiger charge is 2.00. The number of hydrogen-bond acceptors (Lipinski definition) is 4. The monoisotopic (exact) mass is 357 g/mol. The average molecular weight is 358 g/mol. The van der Waals surface area contributed by atoms with E-state index < -0.39 is 0 Å². The molecule has 0 saturated carbocycles. The summed E-state index contributed by atoms with van der Waals surface area (Å²) in [7, 11) is 0. The van der Waals surface area contributed by atoms with Crippen molar-refractivity contribution in [3.05, 3.63) is 64.8 Å². The van der Waals surface area contributed by atoms with Crippen LogP contribution in [-0.4, -0.2) is 19.7 Å². The summed E-state index contributed by atoms with van der Waals surface area (Å²) < 4.78 is 2.94. The van der Waals surface area contributed by atoms with Crippen molar-refractivity contribution in [1.82, 2.24) is 19.7 Å². The van der Waals surface area contributed by atoms with Crippen LogP contribution < -0.4 is 5.32 Å². The van der Waals surface area contributed by atoms with E-state index in [1.807, 2.05) is 23.9 Å². The molecule has 0 saturated heterocycles. The zero-order chi connectivity index (χ0) is 15.4. The number of nitrogens with one attached hydrogen (secondary N) is 1. The van der Waals surface area contributed by atoms with Crippen LogP contribution >= 0.6 is 15.9 Å². The van der Waals surface area contributed by atoms with Crippen molar-refractivity contribution in [2.75, 3.05) is 5.32 Å². The Kier molecular flexibility index (Phi) is 4.48. The third kappa shape index (κ3) is 3.92. The van der Waals surface area contributed by atoms with Crippen LogP contribution in [0.2, 0.25) is 0 Å². The first kappa shape index (κ1) is 14.7. The zero-order valence-electron chi connectivity index (χ0n) is 12.2. The van der Waals surface area contributed by atoms with Gasteiger partial charge in [-0.2, -0.15) is 5.10 Å². The Hall–Kier alpha value is -2.21. The van der Waals surface area contributed by atoms with Crippen LogP contribution in [0.15, 0.2) is 53.5 Å². The summed E-state index contributed by atoms with van der Waals surface area (Å²) in [6, 6.07) is 10.3. The van der Waals surface area contributed by atoms with E-state index in [1.165, 1.54) is 5.56 Å². The summed E-state index contributed by atoms with van der Waals surface area (Å²) in [6.45, 7) is 2.81. The maximum absolute atomic E-state index is 4.26. The number of aromatic nitrogens is 4. The molecule has 6 heteroatoms. The smallest absolute Gasteiger partial charge is 0.133 e. The van der Waals surface area contributed by atoms with Crippen LogP contribution in [0, 0.1) is 6.92 Å². The highest BCUT2D eigenvalue weighted by molar-refractivity contribution is 9.10. The van der Waals surface area contributed by atoms with Crippen LogP contribution in [0.3, 0.4) is 0 Å². The Balaban J connectivity index is 1.60. The molecule has 0 aliphatic carbocycles. The van der Waals surface area contributed by atoms with Crippen LogP contribution in [0.1, 0.15) is 11.3 Å². The molecule has 2 heterocycles. The van der Waals surface area contributed by atoms with Gasteiger partial charge >= 0.3 is 0 Å². The molecule has 1 aromatic carbocycles. The van der Waals surface area contributed by atoms with Gasteiger partial charge in [0.15, 0.2) is 0 Å². The number of anilines is 2. The first-order valence-electron chi connectivity index (χ1n) is 7.01. The summed E-state index contributed by atoms with van der Waals surface area (Å²) in [5, 5.41) is 7.53. The summed E-state index contributed by atoms with van der Waals surface area (Å²) >= 11 is 3.40. The van der Waals surface area contributed by atoms with E-state index in [2.05, 4.69) is 60.6 Å². The van der Waals surface area contributed by atoms with E-state index in [1.54, 1.807) is 12.5 Å². The summed E-state index contributed by atoms with van der Waals surface area (Å²) in [6.07, 6.45) is 6.29. The second kappa shape index (κ2) is 6.70. The number of benzene rings is 1. The normalized spacial score (nSPS) is 10.6. The molecular weight excluding hydrogens is 342 g/mol. The molecule has 0 unspecified atom stereocenters. The molecule has 0 atom stereocenters. The van der Waals surface area contributed by atoms with E-state index >= 15 is 0 Å². The fourth-order valence-corrected chi connectivity index (χ4v) is 2.46. The summed E-state index contributed by atoms with van der Waals surface area (Å²) in [5.41, 5.74) is 3.24. The number of nitrogens with zero attached hydrogens (tertiary/aromatic N) is 4. The van der Waals surface area contributed by atoms with Crippen molar-refractivity contribution in [1.29, 1.82) is 0 Å². The highest BCUT2D eigenvalue weighted by Crippen LogP contribution is 2.16. The maximum Gasteiger partial charge on any atom is 0.133 e. The minimum atomic E-state index is 0.807. The van der Waals surface area contributed by atoms with Gasteiger partial charge in [-0.3, -0.25) is 4.68 Å². The Morgan fingerprint density at radius 3 is 2.68 bits per heavy atom. The molecule has 0 radical (unpaired) electrons. The molecule has 0 aliphatic heterocycles. The quantitative estimate of drug-likeness (QED) is 0.755. The van der Waals surface area contributed by atoms with Gasteiger partial charge in [0.1, 0.15) is 12.1 Å². The van der Waals surface area contributed by atoms with E-state index in [4.69, 9.17) is 0 Å². The molecule has 3 aromatic rings. The lowest BCUT2D eigenvalue weighted by atomic mass is 10.1. The fraction of sp³-hybridized carbons (Fsp3) is 0.188. The lowest BCUT2D eigenvalue weighted by Crippen LogP contribution is -2.01. The van der Waals surface area contributed by atoms with Crippen molar-refractivity contribution < 1.29 is 0 Å². The molecular formula is C16H16BrN5. The zero-order valence-corrected chi connectivity index (χ0v) is 13.8. The number of aryl methyl sites for hydroxylation is 3. The predicted molar refractivity (Wildman–Crippen MR) is 90.1 cm³/mol. The molecule has 0 amide bonds. The van der Waals surface area contributed by atoms with Gasteiger partial charge in [-0.25, -0.2) is 9.97 Å². The molecule has 22 heavy (non-hydrogen) atoms. The molecule has 3 rings (SSSR count). The van der Waals surface area contributed by atoms with Gasteiger partial charge in [0.05, 0.1) is 10.7 Å². The molecule has 0 fully saturated rings. The predicted octanol–water partition coefficient (Wildman–Crippen LogP) is 3.73. The van der Waals surface area contributed by atoms with E-state index in [0.29, 0.717) is 0 Å². The van der Waals surface area contributed by atoms with Gasteiger partial charge < -0.3 is 5.32 Å². The first-order chi connectivity index (χ1) is 10.7. The maximum atomic E-state index is 4.26. The van der Waals surface area contributed by atoms with Crippen molar-refractivity contribution in [3.63, 3.8) is 0 Å². The summed E-state index contributed by atoms with van der Waals surface area (Å²) in [4.78, 5) is 8.29. The number of rotatable bonds is 5. The molecule has 1 N–H and O–H groups in total. The van der Waals surface area contributed by atoms with Crippen LogP contribution in [0.25, 0.3) is 0 Å². The Bertz CT molecular complexity index is 751. The standard InChI is InChI=1S/C16H16BrN5/c1-12-8-16(19-11-18-12)21-15-4-2-13(3-5-15)6-7-22-10-14(17)9-20-22/h2-5,8-11H,6-7H2,1H3,(H,18,19,21). The van der Waals surface area contributed by atoms with E-state index in [-0.39, 0.29) is 0 Å². The minimum absolute atomic E-state index is 0.807. The Morgan fingerprint density at radius 2 is 2.00 bits per heavy atom. The Labute approximate surface area is 137 Å². The van der Waals surface area contributed by atoms with Crippen LogP contribution in [0.5, 0.6) is 0 Å². The second-order valence-electron chi connectivity index (χ2n) is 5.04. The second-order valence-corrected chi connectivity index (χ2v) is 5.95. The van der Waals surface area contributed by atoms with Crippen molar-refractivity contribution in [3.8, 4) is 0 Å². The largest absolute Gasteiger partial charge is 0.340 e. The molecule has 0 spiro atoms. The lowest BCUT2D eigenvalue weighted by Gasteiger charge is -2.07. The van der Waals surface area contributed by atoms with Crippen molar-refractivity contribution in [2.24, 2.45) is 0 Å². The topological polar surface area (TPSA) is 55.6 Å². The van der Waals surface area contributed by atoms with Gasteiger partial charge in [0.25, 0.3) is 0 Å². The summed E-state index contributed by atoms with van der Waals surface area (Å²) in [5.74, 6) is 0.807. The van der Waals surface area contributed by atoms with E-state index in [0.717, 1.165) is 34.6 Å². The minimum Gasteiger partial charge on any atom is -0.340 e. The number of halogens is 1. The third-order valence-electron chi connectivity index (χ3n) is 3.26. The molecule has 2 aromatic heterocycles. The molecule has 0 bridgehead atoms. The van der Waals surface area contributed by atoms with Gasteiger partial charge in [-0.05, 0) is 47.0 Å². The fourth-order valence-electron chi connectivity index (χ4n) is 2.13.